The van der Waals surface area contributed by atoms with Crippen molar-refractivity contribution in [1.29, 1.82) is 0 Å². The number of amides is 2. The standard InChI is InChI=1S/C16H21F2N3O2/c1-10(2)20-15(22)8-14-16(23)19-5-6-21(14)9-11-3-4-12(17)13(18)7-11/h3-4,7,10,14H,5-6,8-9H2,1-2H3,(H,19,23)(H,20,22)/t14-/m0/s1. The second-order valence-electron chi connectivity index (χ2n) is 5.95. The first-order chi connectivity index (χ1) is 10.9. The Morgan fingerprint density at radius 2 is 2.13 bits per heavy atom. The van der Waals surface area contributed by atoms with Gasteiger partial charge in [-0.2, -0.15) is 0 Å². The van der Waals surface area contributed by atoms with Crippen LogP contribution >= 0.6 is 0 Å². The Morgan fingerprint density at radius 1 is 1.39 bits per heavy atom. The normalized spacial score (nSPS) is 18.8. The highest BCUT2D eigenvalue weighted by Gasteiger charge is 2.31. The molecule has 1 atom stereocenters. The second-order valence-corrected chi connectivity index (χ2v) is 5.95. The molecule has 1 fully saturated rings. The summed E-state index contributed by atoms with van der Waals surface area (Å²) in [4.78, 5) is 25.8. The molecule has 0 unspecified atom stereocenters. The molecular weight excluding hydrogens is 304 g/mol. The Hall–Kier alpha value is -2.02. The number of nitrogens with one attached hydrogen (secondary N) is 2. The van der Waals surface area contributed by atoms with Crippen molar-refractivity contribution < 1.29 is 18.4 Å². The van der Waals surface area contributed by atoms with Crippen molar-refractivity contribution in [3.05, 3.63) is 35.4 Å². The van der Waals surface area contributed by atoms with E-state index >= 15 is 0 Å². The molecule has 0 aliphatic carbocycles. The van der Waals surface area contributed by atoms with Gasteiger partial charge in [0.1, 0.15) is 0 Å². The third kappa shape index (κ3) is 4.72. The molecule has 23 heavy (non-hydrogen) atoms. The van der Waals surface area contributed by atoms with Crippen molar-refractivity contribution in [3.8, 4) is 0 Å². The number of halogens is 2. The predicted molar refractivity (Wildman–Crippen MR) is 81.5 cm³/mol. The molecule has 1 saturated heterocycles. The van der Waals surface area contributed by atoms with Gasteiger partial charge in [-0.1, -0.05) is 6.07 Å². The number of carbonyl (C=O) groups is 2. The van der Waals surface area contributed by atoms with Gasteiger partial charge in [-0.15, -0.1) is 0 Å². The molecule has 1 aliphatic heterocycles. The zero-order valence-corrected chi connectivity index (χ0v) is 13.2. The average Bonchev–Trinajstić information content (AvgIpc) is 2.46. The molecule has 5 nitrogen and oxygen atoms in total. The van der Waals surface area contributed by atoms with Gasteiger partial charge in [-0.3, -0.25) is 14.5 Å². The number of rotatable bonds is 5. The van der Waals surface area contributed by atoms with Gasteiger partial charge in [0.05, 0.1) is 12.5 Å². The fourth-order valence-electron chi connectivity index (χ4n) is 2.60. The molecule has 2 rings (SSSR count). The van der Waals surface area contributed by atoms with E-state index in [0.717, 1.165) is 12.1 Å². The summed E-state index contributed by atoms with van der Waals surface area (Å²) in [5.74, 6) is -2.26. The summed E-state index contributed by atoms with van der Waals surface area (Å²) in [6.07, 6.45) is 0.0354. The van der Waals surface area contributed by atoms with E-state index in [-0.39, 0.29) is 30.8 Å². The van der Waals surface area contributed by atoms with Crippen molar-refractivity contribution in [3.63, 3.8) is 0 Å². The van der Waals surface area contributed by atoms with Crippen LogP contribution in [0.4, 0.5) is 8.78 Å². The zero-order valence-electron chi connectivity index (χ0n) is 13.2. The van der Waals surface area contributed by atoms with E-state index in [0.29, 0.717) is 18.7 Å². The average molecular weight is 325 g/mol. The van der Waals surface area contributed by atoms with Gasteiger partial charge in [0.2, 0.25) is 11.8 Å². The Labute approximate surface area is 134 Å². The molecule has 0 bridgehead atoms. The van der Waals surface area contributed by atoms with Gasteiger partial charge >= 0.3 is 0 Å². The van der Waals surface area contributed by atoms with Crippen LogP contribution in [0.2, 0.25) is 0 Å². The van der Waals surface area contributed by atoms with Crippen LogP contribution in [-0.4, -0.2) is 41.9 Å². The zero-order chi connectivity index (χ0) is 17.0. The first-order valence-corrected chi connectivity index (χ1v) is 7.62. The van der Waals surface area contributed by atoms with E-state index in [1.807, 2.05) is 18.7 Å². The van der Waals surface area contributed by atoms with Crippen LogP contribution < -0.4 is 10.6 Å². The Kier molecular flexibility index (Phi) is 5.65. The number of piperazine rings is 1. The minimum absolute atomic E-state index is 0.00574. The van der Waals surface area contributed by atoms with Gasteiger partial charge in [-0.25, -0.2) is 8.78 Å². The molecular formula is C16H21F2N3O2. The monoisotopic (exact) mass is 325 g/mol. The minimum Gasteiger partial charge on any atom is -0.354 e. The van der Waals surface area contributed by atoms with Crippen LogP contribution in [0.3, 0.4) is 0 Å². The molecule has 0 aromatic heterocycles. The second kappa shape index (κ2) is 7.50. The maximum Gasteiger partial charge on any atom is 0.237 e. The molecule has 1 aromatic rings. The van der Waals surface area contributed by atoms with Crippen molar-refractivity contribution in [2.45, 2.75) is 38.9 Å². The maximum absolute atomic E-state index is 13.3. The van der Waals surface area contributed by atoms with E-state index in [1.165, 1.54) is 6.07 Å². The summed E-state index contributed by atoms with van der Waals surface area (Å²) in [5, 5.41) is 5.49. The Balaban J connectivity index is 2.08. The van der Waals surface area contributed by atoms with Crippen molar-refractivity contribution >= 4 is 11.8 Å². The lowest BCUT2D eigenvalue weighted by Gasteiger charge is -2.34. The summed E-state index contributed by atoms with van der Waals surface area (Å²) < 4.78 is 26.3. The van der Waals surface area contributed by atoms with Crippen LogP contribution in [0.1, 0.15) is 25.8 Å². The Morgan fingerprint density at radius 3 is 2.78 bits per heavy atom. The van der Waals surface area contributed by atoms with Crippen LogP contribution in [0.15, 0.2) is 18.2 Å². The fourth-order valence-corrected chi connectivity index (χ4v) is 2.60. The molecule has 1 heterocycles. The molecule has 126 valence electrons. The van der Waals surface area contributed by atoms with Crippen molar-refractivity contribution in [2.24, 2.45) is 0 Å². The summed E-state index contributed by atoms with van der Waals surface area (Å²) in [7, 11) is 0. The van der Waals surface area contributed by atoms with Crippen molar-refractivity contribution in [1.82, 2.24) is 15.5 Å². The van der Waals surface area contributed by atoms with Crippen LogP contribution in [-0.2, 0) is 16.1 Å². The quantitative estimate of drug-likeness (QED) is 0.855. The molecule has 0 radical (unpaired) electrons. The van der Waals surface area contributed by atoms with E-state index in [9.17, 15) is 18.4 Å². The molecule has 0 saturated carbocycles. The fraction of sp³-hybridized carbons (Fsp3) is 0.500. The topological polar surface area (TPSA) is 61.4 Å². The van der Waals surface area contributed by atoms with Crippen LogP contribution in [0.25, 0.3) is 0 Å². The molecule has 1 aliphatic rings. The molecule has 7 heteroatoms. The Bertz CT molecular complexity index is 593. The van der Waals surface area contributed by atoms with E-state index in [4.69, 9.17) is 0 Å². The van der Waals surface area contributed by atoms with Crippen LogP contribution in [0.5, 0.6) is 0 Å². The number of nitrogens with zero attached hydrogens (tertiary/aromatic N) is 1. The lowest BCUT2D eigenvalue weighted by atomic mass is 10.1. The summed E-state index contributed by atoms with van der Waals surface area (Å²) >= 11 is 0. The largest absolute Gasteiger partial charge is 0.354 e. The van der Waals surface area contributed by atoms with Crippen molar-refractivity contribution in [2.75, 3.05) is 13.1 Å². The van der Waals surface area contributed by atoms with Crippen LogP contribution in [0, 0.1) is 11.6 Å². The number of hydrogen-bond acceptors (Lipinski definition) is 3. The first-order valence-electron chi connectivity index (χ1n) is 7.62. The molecule has 2 N–H and O–H groups in total. The van der Waals surface area contributed by atoms with Gasteiger partial charge in [0.15, 0.2) is 11.6 Å². The summed E-state index contributed by atoms with van der Waals surface area (Å²) in [6.45, 7) is 4.98. The predicted octanol–water partition coefficient (Wildman–Crippen LogP) is 1.18. The van der Waals surface area contributed by atoms with E-state index < -0.39 is 17.7 Å². The van der Waals surface area contributed by atoms with E-state index in [2.05, 4.69) is 10.6 Å². The third-order valence-corrected chi connectivity index (χ3v) is 3.64. The SMILES string of the molecule is CC(C)NC(=O)C[C@H]1C(=O)NCCN1Cc1ccc(F)c(F)c1. The highest BCUT2D eigenvalue weighted by molar-refractivity contribution is 5.88. The number of benzene rings is 1. The maximum atomic E-state index is 13.3. The van der Waals surface area contributed by atoms with Gasteiger partial charge in [-0.05, 0) is 31.5 Å². The first kappa shape index (κ1) is 17.3. The van der Waals surface area contributed by atoms with Gasteiger partial charge in [0.25, 0.3) is 0 Å². The third-order valence-electron chi connectivity index (χ3n) is 3.64. The molecule has 1 aromatic carbocycles. The summed E-state index contributed by atoms with van der Waals surface area (Å²) in [6, 6.07) is 3.04. The smallest absolute Gasteiger partial charge is 0.237 e. The number of hydrogen-bond donors (Lipinski definition) is 2. The van der Waals surface area contributed by atoms with E-state index in [1.54, 1.807) is 0 Å². The highest BCUT2D eigenvalue weighted by Crippen LogP contribution is 2.16. The summed E-state index contributed by atoms with van der Waals surface area (Å²) in [5.41, 5.74) is 0.563. The molecule has 0 spiro atoms. The lowest BCUT2D eigenvalue weighted by molar-refractivity contribution is -0.134. The lowest BCUT2D eigenvalue weighted by Crippen LogP contribution is -2.56. The highest BCUT2D eigenvalue weighted by atomic mass is 19.2. The number of carbonyl (C=O) groups excluding carboxylic acids is 2. The van der Waals surface area contributed by atoms with Gasteiger partial charge < -0.3 is 10.6 Å². The molecule has 2 amide bonds. The minimum atomic E-state index is -0.918. The van der Waals surface area contributed by atoms with Gasteiger partial charge in [0, 0.05) is 25.7 Å².